The summed E-state index contributed by atoms with van der Waals surface area (Å²) in [5.41, 5.74) is 0.577. The number of benzene rings is 2. The Morgan fingerprint density at radius 2 is 1.78 bits per heavy atom. The highest BCUT2D eigenvalue weighted by Gasteiger charge is 2.29. The van der Waals surface area contributed by atoms with E-state index in [1.165, 1.54) is 30.3 Å². The molecular formula is C22H21N3O6S. The number of rotatable bonds is 8. The normalized spacial score (nSPS) is 14.5. The summed E-state index contributed by atoms with van der Waals surface area (Å²) in [6.45, 7) is 1.68. The van der Waals surface area contributed by atoms with Crippen LogP contribution in [0.2, 0.25) is 0 Å². The van der Waals surface area contributed by atoms with Crippen LogP contribution in [0.3, 0.4) is 0 Å². The number of hydrogen-bond donors (Lipinski definition) is 2. The van der Waals surface area contributed by atoms with E-state index in [2.05, 4.69) is 15.2 Å². The summed E-state index contributed by atoms with van der Waals surface area (Å²) in [5, 5.41) is 6.28. The van der Waals surface area contributed by atoms with Crippen LogP contribution in [-0.2, 0) is 19.6 Å². The number of aromatic nitrogens is 1. The third-order valence-corrected chi connectivity index (χ3v) is 6.28. The second-order valence-electron chi connectivity index (χ2n) is 7.43. The molecule has 0 radical (unpaired) electrons. The molecule has 1 aliphatic carbocycles. The van der Waals surface area contributed by atoms with Crippen LogP contribution < -0.4 is 10.0 Å². The topological polar surface area (TPSA) is 128 Å². The van der Waals surface area contributed by atoms with Gasteiger partial charge in [-0.3, -0.25) is 4.79 Å². The van der Waals surface area contributed by atoms with Gasteiger partial charge in [0.15, 0.2) is 5.82 Å². The summed E-state index contributed by atoms with van der Waals surface area (Å²) >= 11 is 0. The fourth-order valence-corrected chi connectivity index (χ4v) is 4.26. The fraction of sp³-hybridized carbons (Fsp3) is 0.227. The van der Waals surface area contributed by atoms with Crippen LogP contribution >= 0.6 is 0 Å². The third kappa shape index (κ3) is 5.21. The van der Waals surface area contributed by atoms with E-state index >= 15 is 0 Å². The minimum absolute atomic E-state index is 0.0247. The third-order valence-electron chi connectivity index (χ3n) is 4.74. The number of nitrogens with one attached hydrogen (secondary N) is 2. The number of aryl methyl sites for hydroxylation is 1. The Morgan fingerprint density at radius 3 is 2.38 bits per heavy atom. The first-order valence-corrected chi connectivity index (χ1v) is 11.4. The van der Waals surface area contributed by atoms with E-state index in [1.54, 1.807) is 37.3 Å². The number of hydrogen-bond acceptors (Lipinski definition) is 7. The number of amides is 1. The standard InChI is InChI=1S/C22H21N3O6S/c1-14-13-19(24-31-14)23-21(26)20(15-5-3-2-4-6-15)30-22(27)16-7-11-18(12-8-16)32(28,29)25-17-9-10-17/h2-8,11-13,17,20,25H,9-10H2,1H3,(H,23,24,26)/t20-/m1/s1. The summed E-state index contributed by atoms with van der Waals surface area (Å²) in [6.07, 6.45) is 0.390. The summed E-state index contributed by atoms with van der Waals surface area (Å²) in [7, 11) is -3.63. The van der Waals surface area contributed by atoms with Crippen molar-refractivity contribution in [3.05, 3.63) is 77.6 Å². The second kappa shape index (κ2) is 8.93. The molecule has 1 heterocycles. The van der Waals surface area contributed by atoms with E-state index in [9.17, 15) is 18.0 Å². The van der Waals surface area contributed by atoms with Crippen molar-refractivity contribution in [1.82, 2.24) is 9.88 Å². The molecule has 0 unspecified atom stereocenters. The van der Waals surface area contributed by atoms with Gasteiger partial charge in [0.25, 0.3) is 5.91 Å². The Labute approximate surface area is 184 Å². The van der Waals surface area contributed by atoms with Gasteiger partial charge in [-0.25, -0.2) is 17.9 Å². The average molecular weight is 455 g/mol. The minimum Gasteiger partial charge on any atom is -0.444 e. The number of carbonyl (C=O) groups excluding carboxylic acids is 2. The largest absolute Gasteiger partial charge is 0.444 e. The zero-order chi connectivity index (χ0) is 22.7. The predicted molar refractivity (Wildman–Crippen MR) is 114 cm³/mol. The molecule has 3 aromatic rings. The number of nitrogens with zero attached hydrogens (tertiary/aromatic N) is 1. The maximum absolute atomic E-state index is 12.8. The zero-order valence-corrected chi connectivity index (χ0v) is 18.0. The molecule has 0 saturated heterocycles. The van der Waals surface area contributed by atoms with Gasteiger partial charge in [0.2, 0.25) is 16.1 Å². The smallest absolute Gasteiger partial charge is 0.339 e. The van der Waals surface area contributed by atoms with Gasteiger partial charge in [0, 0.05) is 17.7 Å². The van der Waals surface area contributed by atoms with Crippen molar-refractivity contribution in [1.29, 1.82) is 0 Å². The van der Waals surface area contributed by atoms with Gasteiger partial charge in [-0.2, -0.15) is 0 Å². The van der Waals surface area contributed by atoms with E-state index < -0.39 is 28.0 Å². The molecule has 10 heteroatoms. The van der Waals surface area contributed by atoms with Gasteiger partial charge in [0.05, 0.1) is 10.5 Å². The van der Waals surface area contributed by atoms with Crippen LogP contribution in [0.1, 0.15) is 40.6 Å². The highest BCUT2D eigenvalue weighted by molar-refractivity contribution is 7.89. The molecule has 32 heavy (non-hydrogen) atoms. The Bertz CT molecular complexity index is 1220. The summed E-state index contributed by atoms with van der Waals surface area (Å²) < 4.78 is 37.6. The number of ether oxygens (including phenoxy) is 1. The van der Waals surface area contributed by atoms with Crippen molar-refractivity contribution in [2.24, 2.45) is 0 Å². The van der Waals surface area contributed by atoms with Crippen LogP contribution in [0.5, 0.6) is 0 Å². The Balaban J connectivity index is 1.51. The van der Waals surface area contributed by atoms with Crippen molar-refractivity contribution in [3.8, 4) is 0 Å². The van der Waals surface area contributed by atoms with Crippen molar-refractivity contribution < 1.29 is 27.3 Å². The first-order chi connectivity index (χ1) is 15.3. The molecule has 1 atom stereocenters. The van der Waals surface area contributed by atoms with Gasteiger partial charge in [0.1, 0.15) is 5.76 Å². The molecule has 0 aliphatic heterocycles. The van der Waals surface area contributed by atoms with E-state index in [0.29, 0.717) is 11.3 Å². The van der Waals surface area contributed by atoms with Crippen molar-refractivity contribution in [3.63, 3.8) is 0 Å². The summed E-state index contributed by atoms with van der Waals surface area (Å²) in [6, 6.07) is 15.4. The van der Waals surface area contributed by atoms with Gasteiger partial charge in [-0.05, 0) is 44.0 Å². The van der Waals surface area contributed by atoms with Crippen LogP contribution in [0, 0.1) is 6.92 Å². The quantitative estimate of drug-likeness (QED) is 0.500. The predicted octanol–water partition coefficient (Wildman–Crippen LogP) is 2.96. The van der Waals surface area contributed by atoms with Crippen LogP contribution in [0.4, 0.5) is 5.82 Å². The fourth-order valence-electron chi connectivity index (χ4n) is 2.95. The van der Waals surface area contributed by atoms with E-state index in [4.69, 9.17) is 9.26 Å². The molecule has 166 valence electrons. The summed E-state index contributed by atoms with van der Waals surface area (Å²) in [4.78, 5) is 25.6. The van der Waals surface area contributed by atoms with Crippen molar-refractivity contribution in [2.45, 2.75) is 36.8 Å². The SMILES string of the molecule is Cc1cc(NC(=O)[C@H](OC(=O)c2ccc(S(=O)(=O)NC3CC3)cc2)c2ccccc2)no1. The molecule has 0 spiro atoms. The van der Waals surface area contributed by atoms with Crippen molar-refractivity contribution >= 4 is 27.7 Å². The highest BCUT2D eigenvalue weighted by Crippen LogP contribution is 2.24. The molecule has 0 bridgehead atoms. The van der Waals surface area contributed by atoms with Crippen molar-refractivity contribution in [2.75, 3.05) is 5.32 Å². The first-order valence-electron chi connectivity index (χ1n) is 9.94. The van der Waals surface area contributed by atoms with Gasteiger partial charge >= 0.3 is 5.97 Å². The van der Waals surface area contributed by atoms with E-state index in [1.807, 2.05) is 0 Å². The molecule has 1 aromatic heterocycles. The lowest BCUT2D eigenvalue weighted by molar-refractivity contribution is -0.125. The molecule has 1 saturated carbocycles. The molecular weight excluding hydrogens is 434 g/mol. The van der Waals surface area contributed by atoms with E-state index in [-0.39, 0.29) is 22.3 Å². The average Bonchev–Trinajstić information content (AvgIpc) is 3.50. The number of sulfonamides is 1. The number of anilines is 1. The monoisotopic (exact) mass is 455 g/mol. The molecule has 1 fully saturated rings. The number of esters is 1. The van der Waals surface area contributed by atoms with Gasteiger partial charge in [-0.15, -0.1) is 0 Å². The van der Waals surface area contributed by atoms with Crippen LogP contribution in [-0.4, -0.2) is 31.5 Å². The Morgan fingerprint density at radius 1 is 1.09 bits per heavy atom. The number of carbonyl (C=O) groups is 2. The molecule has 4 rings (SSSR count). The van der Waals surface area contributed by atoms with Crippen LogP contribution in [0.15, 0.2) is 70.1 Å². The second-order valence-corrected chi connectivity index (χ2v) is 9.14. The lowest BCUT2D eigenvalue weighted by Gasteiger charge is -2.17. The summed E-state index contributed by atoms with van der Waals surface area (Å²) in [5.74, 6) is -0.669. The Hall–Kier alpha value is -3.50. The molecule has 1 amide bonds. The van der Waals surface area contributed by atoms with E-state index in [0.717, 1.165) is 12.8 Å². The Kier molecular flexibility index (Phi) is 6.06. The molecule has 9 nitrogen and oxygen atoms in total. The molecule has 2 N–H and O–H groups in total. The zero-order valence-electron chi connectivity index (χ0n) is 17.1. The first kappa shape index (κ1) is 21.7. The maximum atomic E-state index is 12.8. The minimum atomic E-state index is -3.63. The van der Waals surface area contributed by atoms with Gasteiger partial charge < -0.3 is 14.6 Å². The maximum Gasteiger partial charge on any atom is 0.339 e. The molecule has 1 aliphatic rings. The highest BCUT2D eigenvalue weighted by atomic mass is 32.2. The van der Waals surface area contributed by atoms with Gasteiger partial charge in [-0.1, -0.05) is 35.5 Å². The van der Waals surface area contributed by atoms with Crippen LogP contribution in [0.25, 0.3) is 0 Å². The molecule has 2 aromatic carbocycles. The lowest BCUT2D eigenvalue weighted by atomic mass is 10.1. The lowest BCUT2D eigenvalue weighted by Crippen LogP contribution is -2.26.